The van der Waals surface area contributed by atoms with Gasteiger partial charge in [-0.25, -0.2) is 4.57 Å². The summed E-state index contributed by atoms with van der Waals surface area (Å²) in [6.45, 7) is 0.821. The van der Waals surface area contributed by atoms with E-state index in [0.717, 1.165) is 19.3 Å². The SMILES string of the molecule is CCCCCCCCCCCCCCCCCC(=O)OC(CO)COP(=O)(O)OC1[C@H](O)[C@H](O)C(O)[C@H](O)[C@H]1O. The zero-order chi connectivity index (χ0) is 30.0. The van der Waals surface area contributed by atoms with Gasteiger partial charge in [0.05, 0.1) is 13.2 Å². The van der Waals surface area contributed by atoms with Crippen molar-refractivity contribution in [3.8, 4) is 0 Å². The zero-order valence-electron chi connectivity index (χ0n) is 23.9. The van der Waals surface area contributed by atoms with Gasteiger partial charge in [-0.3, -0.25) is 13.8 Å². The summed E-state index contributed by atoms with van der Waals surface area (Å²) >= 11 is 0. The van der Waals surface area contributed by atoms with Crippen LogP contribution < -0.4 is 0 Å². The topological polar surface area (TPSA) is 203 Å². The summed E-state index contributed by atoms with van der Waals surface area (Å²) in [7, 11) is -5.00. The van der Waals surface area contributed by atoms with Gasteiger partial charge in [-0.2, -0.15) is 0 Å². The van der Waals surface area contributed by atoms with Crippen molar-refractivity contribution < 1.29 is 58.7 Å². The van der Waals surface area contributed by atoms with Crippen molar-refractivity contribution in [2.45, 2.75) is 152 Å². The molecule has 0 spiro atoms. The molecule has 1 aliphatic carbocycles. The first kappa shape index (κ1) is 37.4. The Bertz CT molecular complexity index is 695. The smallest absolute Gasteiger partial charge is 0.457 e. The van der Waals surface area contributed by atoms with Crippen molar-refractivity contribution in [3.63, 3.8) is 0 Å². The Balaban J connectivity index is 2.15. The summed E-state index contributed by atoms with van der Waals surface area (Å²) in [5, 5.41) is 58.3. The third kappa shape index (κ3) is 15.0. The minimum absolute atomic E-state index is 0.126. The van der Waals surface area contributed by atoms with Crippen LogP contribution in [0.15, 0.2) is 0 Å². The first-order valence-corrected chi connectivity index (χ1v) is 16.4. The summed E-state index contributed by atoms with van der Waals surface area (Å²) in [6.07, 6.45) is 5.08. The van der Waals surface area contributed by atoms with E-state index in [0.29, 0.717) is 6.42 Å². The van der Waals surface area contributed by atoms with E-state index in [-0.39, 0.29) is 6.42 Å². The highest BCUT2D eigenvalue weighted by Crippen LogP contribution is 2.47. The van der Waals surface area contributed by atoms with E-state index < -0.39 is 69.7 Å². The van der Waals surface area contributed by atoms with E-state index in [4.69, 9.17) is 9.26 Å². The predicted octanol–water partition coefficient (Wildman–Crippen LogP) is 2.47. The van der Waals surface area contributed by atoms with Crippen LogP contribution in [-0.2, 0) is 23.1 Å². The van der Waals surface area contributed by atoms with E-state index >= 15 is 0 Å². The maximum absolute atomic E-state index is 12.2. The highest BCUT2D eigenvalue weighted by Gasteiger charge is 2.51. The first-order chi connectivity index (χ1) is 19.0. The lowest BCUT2D eigenvalue weighted by molar-refractivity contribution is -0.220. The number of unbranched alkanes of at least 4 members (excludes halogenated alkanes) is 14. The molecule has 1 aliphatic rings. The number of aliphatic hydroxyl groups is 6. The van der Waals surface area contributed by atoms with Crippen molar-refractivity contribution in [1.82, 2.24) is 0 Å². The van der Waals surface area contributed by atoms with Gasteiger partial charge >= 0.3 is 13.8 Å². The molecule has 0 aromatic carbocycles. The number of esters is 1. The molecule has 0 amide bonds. The number of aliphatic hydroxyl groups excluding tert-OH is 6. The number of phosphoric acid groups is 1. The molecule has 0 aromatic heterocycles. The van der Waals surface area contributed by atoms with Crippen LogP contribution in [0.4, 0.5) is 0 Å². The quantitative estimate of drug-likeness (QED) is 0.0513. The third-order valence-electron chi connectivity index (χ3n) is 7.24. The Morgan fingerprint density at radius 2 is 1.10 bits per heavy atom. The fraction of sp³-hybridized carbons (Fsp3) is 0.963. The highest BCUT2D eigenvalue weighted by atomic mass is 31.2. The molecule has 1 fully saturated rings. The number of ether oxygens (including phenoxy) is 1. The average Bonchev–Trinajstić information content (AvgIpc) is 2.93. The van der Waals surface area contributed by atoms with Gasteiger partial charge in [-0.15, -0.1) is 0 Å². The van der Waals surface area contributed by atoms with Crippen LogP contribution in [-0.4, -0.2) is 97.4 Å². The van der Waals surface area contributed by atoms with Crippen molar-refractivity contribution in [1.29, 1.82) is 0 Å². The molecule has 7 N–H and O–H groups in total. The molecule has 0 aliphatic heterocycles. The zero-order valence-corrected chi connectivity index (χ0v) is 24.8. The summed E-state index contributed by atoms with van der Waals surface area (Å²) < 4.78 is 26.7. The molecule has 13 heteroatoms. The molecular formula is C27H53O12P. The molecule has 0 heterocycles. The Kier molecular flexibility index (Phi) is 19.7. The second-order valence-electron chi connectivity index (χ2n) is 10.8. The van der Waals surface area contributed by atoms with Gasteiger partial charge in [0.2, 0.25) is 0 Å². The van der Waals surface area contributed by atoms with Crippen LogP contribution in [0, 0.1) is 0 Å². The number of hydrogen-bond donors (Lipinski definition) is 7. The molecule has 1 saturated carbocycles. The molecule has 1 rings (SSSR count). The van der Waals surface area contributed by atoms with Gasteiger partial charge in [0.1, 0.15) is 42.7 Å². The lowest BCUT2D eigenvalue weighted by Gasteiger charge is -2.41. The van der Waals surface area contributed by atoms with E-state index in [2.05, 4.69) is 11.4 Å². The van der Waals surface area contributed by atoms with Crippen molar-refractivity contribution in [2.75, 3.05) is 13.2 Å². The van der Waals surface area contributed by atoms with Gasteiger partial charge in [0.25, 0.3) is 0 Å². The number of phosphoric ester groups is 1. The van der Waals surface area contributed by atoms with Crippen LogP contribution in [0.25, 0.3) is 0 Å². The lowest BCUT2D eigenvalue weighted by Crippen LogP contribution is -2.64. The Labute approximate surface area is 238 Å². The van der Waals surface area contributed by atoms with Crippen LogP contribution in [0.2, 0.25) is 0 Å². The molecule has 40 heavy (non-hydrogen) atoms. The molecule has 0 radical (unpaired) electrons. The van der Waals surface area contributed by atoms with Crippen molar-refractivity contribution >= 4 is 13.8 Å². The molecule has 238 valence electrons. The van der Waals surface area contributed by atoms with Gasteiger partial charge in [0, 0.05) is 6.42 Å². The summed E-state index contributed by atoms with van der Waals surface area (Å²) in [6, 6.07) is 0. The van der Waals surface area contributed by atoms with Gasteiger partial charge in [0.15, 0.2) is 0 Å². The van der Waals surface area contributed by atoms with Crippen molar-refractivity contribution in [3.05, 3.63) is 0 Å². The van der Waals surface area contributed by atoms with E-state index in [1.807, 2.05) is 0 Å². The predicted molar refractivity (Wildman–Crippen MR) is 147 cm³/mol. The summed E-state index contributed by atoms with van der Waals surface area (Å²) in [4.78, 5) is 22.0. The molecule has 0 aromatic rings. The molecular weight excluding hydrogens is 547 g/mol. The average molecular weight is 601 g/mol. The minimum Gasteiger partial charge on any atom is -0.457 e. The molecule has 8 atom stereocenters. The fourth-order valence-corrected chi connectivity index (χ4v) is 5.67. The maximum atomic E-state index is 12.2. The Morgan fingerprint density at radius 3 is 1.52 bits per heavy atom. The normalized spacial score (nSPS) is 27.3. The molecule has 12 nitrogen and oxygen atoms in total. The van der Waals surface area contributed by atoms with Gasteiger partial charge in [-0.05, 0) is 6.42 Å². The van der Waals surface area contributed by atoms with Crippen LogP contribution in [0.3, 0.4) is 0 Å². The first-order valence-electron chi connectivity index (χ1n) is 14.9. The van der Waals surface area contributed by atoms with Crippen molar-refractivity contribution in [2.24, 2.45) is 0 Å². The fourth-order valence-electron chi connectivity index (χ4n) is 4.69. The summed E-state index contributed by atoms with van der Waals surface area (Å²) in [5.41, 5.74) is 0. The van der Waals surface area contributed by atoms with Crippen LogP contribution in [0.5, 0.6) is 0 Å². The van der Waals surface area contributed by atoms with Crippen LogP contribution >= 0.6 is 7.82 Å². The monoisotopic (exact) mass is 600 g/mol. The number of hydrogen-bond acceptors (Lipinski definition) is 11. The number of carbonyl (C=O) groups is 1. The van der Waals surface area contributed by atoms with Gasteiger partial charge in [-0.1, -0.05) is 96.8 Å². The minimum atomic E-state index is -5.00. The molecule has 4 unspecified atom stereocenters. The lowest BCUT2D eigenvalue weighted by atomic mass is 9.85. The van der Waals surface area contributed by atoms with E-state index in [9.17, 15) is 44.9 Å². The molecule has 0 saturated heterocycles. The summed E-state index contributed by atoms with van der Waals surface area (Å²) in [5.74, 6) is -0.593. The second-order valence-corrected chi connectivity index (χ2v) is 12.2. The maximum Gasteiger partial charge on any atom is 0.472 e. The van der Waals surface area contributed by atoms with Crippen LogP contribution in [0.1, 0.15) is 110 Å². The Hall–Kier alpha value is -0.660. The second kappa shape index (κ2) is 21.1. The molecule has 0 bridgehead atoms. The number of carbonyl (C=O) groups excluding carboxylic acids is 1. The van der Waals surface area contributed by atoms with E-state index in [1.165, 1.54) is 70.6 Å². The standard InChI is InChI=1S/C27H53O12P/c1-2-3-4-5-6-7-8-9-10-11-12-13-14-15-16-17-21(29)38-20(18-28)19-37-40(35,36)39-27-25(33)23(31)22(30)24(32)26(27)34/h20,22-28,30-34H,2-19H2,1H3,(H,35,36)/t20?,22?,23-,24+,25-,26-,27?/m1/s1. The highest BCUT2D eigenvalue weighted by molar-refractivity contribution is 7.47. The largest absolute Gasteiger partial charge is 0.472 e. The van der Waals surface area contributed by atoms with Gasteiger partial charge < -0.3 is 40.3 Å². The Morgan fingerprint density at radius 1 is 0.700 bits per heavy atom. The number of rotatable bonds is 23. The third-order valence-corrected chi connectivity index (χ3v) is 8.22. The van der Waals surface area contributed by atoms with E-state index in [1.54, 1.807) is 0 Å².